The number of rotatable bonds is 2. The highest BCUT2D eigenvalue weighted by molar-refractivity contribution is 5.74. The lowest BCUT2D eigenvalue weighted by atomic mass is 10.1. The topological polar surface area (TPSA) is 83.6 Å². The van der Waals surface area contributed by atoms with Gasteiger partial charge in [0, 0.05) is 13.1 Å². The van der Waals surface area contributed by atoms with E-state index in [4.69, 9.17) is 5.11 Å². The average Bonchev–Trinajstić information content (AvgIpc) is 2.95. The lowest BCUT2D eigenvalue weighted by Gasteiger charge is -2.17. The van der Waals surface area contributed by atoms with Crippen LogP contribution in [-0.2, 0) is 4.79 Å². The van der Waals surface area contributed by atoms with Crippen LogP contribution >= 0.6 is 0 Å². The van der Waals surface area contributed by atoms with Gasteiger partial charge in [-0.05, 0) is 13.3 Å². The van der Waals surface area contributed by atoms with Crippen molar-refractivity contribution in [1.82, 2.24) is 19.8 Å². The number of carboxylic acids is 1. The van der Waals surface area contributed by atoms with Crippen LogP contribution in [0.15, 0.2) is 12.4 Å². The zero-order chi connectivity index (χ0) is 12.7. The molecule has 0 bridgehead atoms. The monoisotopic (exact) mass is 247 g/mol. The third-order valence-electron chi connectivity index (χ3n) is 3.23. The first-order chi connectivity index (χ1) is 8.65. The molecule has 7 nitrogen and oxygen atoms in total. The minimum absolute atomic E-state index is 0.316. The van der Waals surface area contributed by atoms with Gasteiger partial charge in [0.1, 0.15) is 5.52 Å². The Bertz CT molecular complexity index is 608. The Morgan fingerprint density at radius 3 is 3.11 bits per heavy atom. The van der Waals surface area contributed by atoms with Crippen LogP contribution in [0.5, 0.6) is 0 Å². The zero-order valence-corrected chi connectivity index (χ0v) is 9.94. The first-order valence-corrected chi connectivity index (χ1v) is 5.80. The first kappa shape index (κ1) is 10.9. The highest BCUT2D eigenvalue weighted by Gasteiger charge is 2.30. The van der Waals surface area contributed by atoms with Crippen LogP contribution in [0.2, 0.25) is 0 Å². The molecule has 0 spiro atoms. The molecule has 1 aliphatic rings. The summed E-state index contributed by atoms with van der Waals surface area (Å²) in [5, 5.41) is 16.8. The summed E-state index contributed by atoms with van der Waals surface area (Å²) in [5.74, 6) is -0.292. The maximum atomic E-state index is 11.0. The Balaban J connectivity index is 1.99. The van der Waals surface area contributed by atoms with Gasteiger partial charge in [-0.2, -0.15) is 0 Å². The fraction of sp³-hybridized carbons (Fsp3) is 0.455. The van der Waals surface area contributed by atoms with E-state index in [0.717, 1.165) is 17.0 Å². The van der Waals surface area contributed by atoms with Gasteiger partial charge >= 0.3 is 5.97 Å². The van der Waals surface area contributed by atoms with Gasteiger partial charge in [-0.3, -0.25) is 4.79 Å². The molecule has 0 amide bonds. The fourth-order valence-electron chi connectivity index (χ4n) is 2.32. The van der Waals surface area contributed by atoms with Crippen molar-refractivity contribution in [2.24, 2.45) is 5.92 Å². The van der Waals surface area contributed by atoms with Crippen molar-refractivity contribution >= 4 is 17.3 Å². The SMILES string of the molecule is Cc1cn2nncc2c(N2CC[C@@H](C(=O)O)C2)n1. The summed E-state index contributed by atoms with van der Waals surface area (Å²) in [6.07, 6.45) is 4.10. The summed E-state index contributed by atoms with van der Waals surface area (Å²) in [6.45, 7) is 3.08. The van der Waals surface area contributed by atoms with E-state index in [1.807, 2.05) is 11.8 Å². The molecule has 1 atom stereocenters. The molecule has 0 radical (unpaired) electrons. The van der Waals surface area contributed by atoms with Crippen LogP contribution in [0.25, 0.3) is 5.52 Å². The summed E-state index contributed by atoms with van der Waals surface area (Å²) < 4.78 is 1.67. The third-order valence-corrected chi connectivity index (χ3v) is 3.23. The van der Waals surface area contributed by atoms with Gasteiger partial charge in [-0.15, -0.1) is 5.10 Å². The number of hydrogen-bond donors (Lipinski definition) is 1. The highest BCUT2D eigenvalue weighted by atomic mass is 16.4. The largest absolute Gasteiger partial charge is 0.481 e. The predicted octanol–water partition coefficient (Wildman–Crippen LogP) is 0.344. The minimum Gasteiger partial charge on any atom is -0.481 e. The van der Waals surface area contributed by atoms with E-state index in [1.54, 1.807) is 16.9 Å². The maximum Gasteiger partial charge on any atom is 0.308 e. The Morgan fingerprint density at radius 1 is 1.56 bits per heavy atom. The lowest BCUT2D eigenvalue weighted by Crippen LogP contribution is -2.24. The second kappa shape index (κ2) is 3.94. The third kappa shape index (κ3) is 1.68. The second-order valence-electron chi connectivity index (χ2n) is 4.54. The van der Waals surface area contributed by atoms with Gasteiger partial charge in [0.05, 0.1) is 24.0 Å². The molecule has 1 aliphatic heterocycles. The molecule has 0 aromatic carbocycles. The number of carboxylic acid groups (broad SMARTS) is 1. The summed E-state index contributed by atoms with van der Waals surface area (Å²) in [6, 6.07) is 0. The van der Waals surface area contributed by atoms with Gasteiger partial charge in [0.25, 0.3) is 0 Å². The molecule has 18 heavy (non-hydrogen) atoms. The summed E-state index contributed by atoms with van der Waals surface area (Å²) in [4.78, 5) is 17.5. The van der Waals surface area contributed by atoms with Crippen LogP contribution in [0.3, 0.4) is 0 Å². The van der Waals surface area contributed by atoms with Crippen molar-refractivity contribution in [2.75, 3.05) is 18.0 Å². The summed E-state index contributed by atoms with van der Waals surface area (Å²) >= 11 is 0. The molecule has 1 fully saturated rings. The van der Waals surface area contributed by atoms with Crippen molar-refractivity contribution in [3.8, 4) is 0 Å². The van der Waals surface area contributed by atoms with E-state index in [-0.39, 0.29) is 5.92 Å². The molecule has 3 rings (SSSR count). The molecule has 2 aromatic rings. The molecular weight excluding hydrogens is 234 g/mol. The number of aromatic nitrogens is 4. The van der Waals surface area contributed by atoms with E-state index in [1.165, 1.54) is 0 Å². The molecule has 1 N–H and O–H groups in total. The molecule has 0 saturated carbocycles. The molecule has 0 unspecified atom stereocenters. The lowest BCUT2D eigenvalue weighted by molar-refractivity contribution is -0.140. The summed E-state index contributed by atoms with van der Waals surface area (Å²) in [7, 11) is 0. The van der Waals surface area contributed by atoms with Gasteiger partial charge < -0.3 is 10.0 Å². The molecule has 1 saturated heterocycles. The molecule has 3 heterocycles. The average molecular weight is 247 g/mol. The minimum atomic E-state index is -0.743. The molecule has 0 aliphatic carbocycles. The fourth-order valence-corrected chi connectivity index (χ4v) is 2.32. The van der Waals surface area contributed by atoms with E-state index < -0.39 is 5.97 Å². The van der Waals surface area contributed by atoms with Crippen molar-refractivity contribution in [2.45, 2.75) is 13.3 Å². The number of aliphatic carboxylic acids is 1. The second-order valence-corrected chi connectivity index (χ2v) is 4.54. The van der Waals surface area contributed by atoms with Gasteiger partial charge in [-0.1, -0.05) is 5.21 Å². The maximum absolute atomic E-state index is 11.0. The Morgan fingerprint density at radius 2 is 2.39 bits per heavy atom. The van der Waals surface area contributed by atoms with E-state index in [9.17, 15) is 4.79 Å². The molecule has 7 heteroatoms. The number of fused-ring (bicyclic) bond motifs is 1. The number of hydrogen-bond acceptors (Lipinski definition) is 5. The first-order valence-electron chi connectivity index (χ1n) is 5.80. The standard InChI is InChI=1S/C11H13N5O2/c1-7-5-16-9(4-12-14-16)10(13-7)15-3-2-8(6-15)11(17)18/h4-5,8H,2-3,6H2,1H3,(H,17,18)/t8-/m1/s1. The van der Waals surface area contributed by atoms with Crippen molar-refractivity contribution in [3.63, 3.8) is 0 Å². The van der Waals surface area contributed by atoms with Crippen LogP contribution in [0, 0.1) is 12.8 Å². The van der Waals surface area contributed by atoms with Gasteiger partial charge in [0.2, 0.25) is 0 Å². The number of aryl methyl sites for hydroxylation is 1. The van der Waals surface area contributed by atoms with Crippen LogP contribution < -0.4 is 4.90 Å². The van der Waals surface area contributed by atoms with Crippen LogP contribution in [0.1, 0.15) is 12.1 Å². The Hall–Kier alpha value is -2.18. The highest BCUT2D eigenvalue weighted by Crippen LogP contribution is 2.25. The van der Waals surface area contributed by atoms with Crippen molar-refractivity contribution < 1.29 is 9.90 Å². The number of carbonyl (C=O) groups is 1. The smallest absolute Gasteiger partial charge is 0.308 e. The number of anilines is 1. The molecule has 94 valence electrons. The quantitative estimate of drug-likeness (QED) is 0.824. The van der Waals surface area contributed by atoms with Crippen LogP contribution in [-0.4, -0.2) is 44.0 Å². The molecular formula is C11H13N5O2. The van der Waals surface area contributed by atoms with E-state index in [2.05, 4.69) is 15.3 Å². The normalized spacial score (nSPS) is 19.6. The predicted molar refractivity (Wildman–Crippen MR) is 63.5 cm³/mol. The summed E-state index contributed by atoms with van der Waals surface area (Å²) in [5.41, 5.74) is 1.65. The Kier molecular flexibility index (Phi) is 2.39. The van der Waals surface area contributed by atoms with E-state index >= 15 is 0 Å². The van der Waals surface area contributed by atoms with E-state index in [0.29, 0.717) is 19.5 Å². The Labute approximate surface area is 103 Å². The van der Waals surface area contributed by atoms with Crippen molar-refractivity contribution in [3.05, 3.63) is 18.1 Å². The number of nitrogens with zero attached hydrogens (tertiary/aromatic N) is 5. The zero-order valence-electron chi connectivity index (χ0n) is 9.94. The van der Waals surface area contributed by atoms with Gasteiger partial charge in [-0.25, -0.2) is 9.50 Å². The van der Waals surface area contributed by atoms with Crippen molar-refractivity contribution in [1.29, 1.82) is 0 Å². The molecule has 2 aromatic heterocycles. The van der Waals surface area contributed by atoms with Gasteiger partial charge in [0.15, 0.2) is 5.82 Å². The van der Waals surface area contributed by atoms with Crippen LogP contribution in [0.4, 0.5) is 5.82 Å².